The van der Waals surface area contributed by atoms with E-state index < -0.39 is 0 Å². The van der Waals surface area contributed by atoms with E-state index >= 15 is 0 Å². The molecule has 6 nitrogen and oxygen atoms in total. The summed E-state index contributed by atoms with van der Waals surface area (Å²) in [6.45, 7) is 4.47. The van der Waals surface area contributed by atoms with Crippen LogP contribution in [0.3, 0.4) is 0 Å². The van der Waals surface area contributed by atoms with Crippen molar-refractivity contribution >= 4 is 17.7 Å². The summed E-state index contributed by atoms with van der Waals surface area (Å²) in [7, 11) is 1.62. The monoisotopic (exact) mass is 408 g/mol. The van der Waals surface area contributed by atoms with Gasteiger partial charge in [0.2, 0.25) is 5.91 Å². The second kappa shape index (κ2) is 9.57. The molecule has 3 rings (SSSR count). The number of fused-ring (bicyclic) bond motifs is 1. The number of imide groups is 1. The molecule has 1 aliphatic rings. The van der Waals surface area contributed by atoms with Crippen molar-refractivity contribution in [3.05, 3.63) is 65.2 Å². The number of hydrogen-bond donors (Lipinski definition) is 1. The van der Waals surface area contributed by atoms with Crippen LogP contribution < -0.4 is 10.1 Å². The van der Waals surface area contributed by atoms with Gasteiger partial charge in [-0.2, -0.15) is 0 Å². The zero-order valence-electron chi connectivity index (χ0n) is 17.7. The van der Waals surface area contributed by atoms with E-state index in [0.717, 1.165) is 17.7 Å². The minimum Gasteiger partial charge on any atom is -0.497 e. The average Bonchev–Trinajstić information content (AvgIpc) is 2.98. The third-order valence-corrected chi connectivity index (χ3v) is 5.22. The summed E-state index contributed by atoms with van der Waals surface area (Å²) in [5.74, 6) is 0.525. The third-order valence-electron chi connectivity index (χ3n) is 5.22. The van der Waals surface area contributed by atoms with Crippen molar-refractivity contribution in [2.45, 2.75) is 39.2 Å². The number of nitrogens with zero attached hydrogens (tertiary/aromatic N) is 1. The first-order chi connectivity index (χ1) is 14.4. The van der Waals surface area contributed by atoms with Gasteiger partial charge >= 0.3 is 0 Å². The smallest absolute Gasteiger partial charge is 0.261 e. The van der Waals surface area contributed by atoms with Gasteiger partial charge in [0, 0.05) is 13.0 Å². The largest absolute Gasteiger partial charge is 0.497 e. The Labute approximate surface area is 177 Å². The molecule has 0 spiro atoms. The Balaban J connectivity index is 1.55. The third kappa shape index (κ3) is 4.87. The molecule has 3 amide bonds. The van der Waals surface area contributed by atoms with Gasteiger partial charge in [-0.15, -0.1) is 0 Å². The van der Waals surface area contributed by atoms with E-state index in [0.29, 0.717) is 23.5 Å². The Morgan fingerprint density at radius 1 is 1.00 bits per heavy atom. The highest BCUT2D eigenvalue weighted by atomic mass is 16.5. The molecule has 1 aliphatic heterocycles. The van der Waals surface area contributed by atoms with Gasteiger partial charge in [0.05, 0.1) is 24.3 Å². The van der Waals surface area contributed by atoms with Gasteiger partial charge in [0.25, 0.3) is 11.8 Å². The number of amides is 3. The molecule has 0 saturated heterocycles. The Morgan fingerprint density at radius 3 is 2.13 bits per heavy atom. The van der Waals surface area contributed by atoms with Crippen molar-refractivity contribution in [3.8, 4) is 5.75 Å². The number of hydrogen-bond acceptors (Lipinski definition) is 4. The molecule has 1 atom stereocenters. The maximum absolute atomic E-state index is 12.6. The fraction of sp³-hybridized carbons (Fsp3) is 0.375. The van der Waals surface area contributed by atoms with E-state index in [2.05, 4.69) is 19.2 Å². The molecule has 1 N–H and O–H groups in total. The summed E-state index contributed by atoms with van der Waals surface area (Å²) in [4.78, 5) is 38.6. The lowest BCUT2D eigenvalue weighted by molar-refractivity contribution is -0.122. The molecule has 2 aromatic carbocycles. The van der Waals surface area contributed by atoms with Crippen molar-refractivity contribution in [2.24, 2.45) is 5.92 Å². The number of nitrogens with one attached hydrogen (secondary N) is 1. The Morgan fingerprint density at radius 2 is 1.60 bits per heavy atom. The maximum Gasteiger partial charge on any atom is 0.261 e. The van der Waals surface area contributed by atoms with E-state index in [1.54, 1.807) is 31.4 Å². The minimum absolute atomic E-state index is 0.0897. The first-order valence-electron chi connectivity index (χ1n) is 10.3. The van der Waals surface area contributed by atoms with Gasteiger partial charge < -0.3 is 10.1 Å². The van der Waals surface area contributed by atoms with Crippen LogP contribution in [0, 0.1) is 5.92 Å². The fourth-order valence-electron chi connectivity index (χ4n) is 3.69. The summed E-state index contributed by atoms with van der Waals surface area (Å²) in [6, 6.07) is 14.4. The maximum atomic E-state index is 12.6. The highest BCUT2D eigenvalue weighted by Crippen LogP contribution is 2.25. The molecule has 0 aliphatic carbocycles. The molecule has 0 saturated carbocycles. The van der Waals surface area contributed by atoms with E-state index in [1.165, 1.54) is 4.90 Å². The number of ether oxygens (including phenoxy) is 1. The van der Waals surface area contributed by atoms with Gasteiger partial charge in [-0.3, -0.25) is 19.3 Å². The number of carbonyl (C=O) groups excluding carboxylic acids is 3. The van der Waals surface area contributed by atoms with Gasteiger partial charge in [-0.25, -0.2) is 0 Å². The predicted molar refractivity (Wildman–Crippen MR) is 114 cm³/mol. The number of benzene rings is 2. The van der Waals surface area contributed by atoms with Crippen LogP contribution in [0.5, 0.6) is 5.75 Å². The van der Waals surface area contributed by atoms with Gasteiger partial charge in [-0.05, 0) is 48.6 Å². The highest BCUT2D eigenvalue weighted by molar-refractivity contribution is 6.21. The lowest BCUT2D eigenvalue weighted by Crippen LogP contribution is -2.33. The van der Waals surface area contributed by atoms with Crippen molar-refractivity contribution < 1.29 is 19.1 Å². The lowest BCUT2D eigenvalue weighted by atomic mass is 9.96. The van der Waals surface area contributed by atoms with Crippen LogP contribution in [0.2, 0.25) is 0 Å². The second-order valence-electron chi connectivity index (χ2n) is 7.93. The number of methoxy groups -OCH3 is 1. The SMILES string of the molecule is COc1ccc(C(CC(C)C)NC(=O)CCCN2C(=O)c3ccccc3C2=O)cc1. The van der Waals surface area contributed by atoms with Gasteiger partial charge in [-0.1, -0.05) is 38.1 Å². The molecule has 30 heavy (non-hydrogen) atoms. The molecular weight excluding hydrogens is 380 g/mol. The molecule has 0 bridgehead atoms. The lowest BCUT2D eigenvalue weighted by Gasteiger charge is -2.22. The van der Waals surface area contributed by atoms with Crippen LogP contribution in [0.4, 0.5) is 0 Å². The van der Waals surface area contributed by atoms with E-state index in [4.69, 9.17) is 4.74 Å². The summed E-state index contributed by atoms with van der Waals surface area (Å²) < 4.78 is 5.21. The molecule has 1 heterocycles. The zero-order chi connectivity index (χ0) is 21.7. The van der Waals surface area contributed by atoms with E-state index in [1.807, 2.05) is 24.3 Å². The second-order valence-corrected chi connectivity index (χ2v) is 7.93. The molecule has 158 valence electrons. The van der Waals surface area contributed by atoms with Crippen LogP contribution >= 0.6 is 0 Å². The van der Waals surface area contributed by atoms with Crippen LogP contribution in [0.15, 0.2) is 48.5 Å². The average molecular weight is 408 g/mol. The molecule has 2 aromatic rings. The minimum atomic E-state index is -0.285. The van der Waals surface area contributed by atoms with Gasteiger partial charge in [0.1, 0.15) is 5.75 Å². The van der Waals surface area contributed by atoms with Crippen LogP contribution in [0.1, 0.15) is 65.4 Å². The van der Waals surface area contributed by atoms with Gasteiger partial charge in [0.15, 0.2) is 0 Å². The van der Waals surface area contributed by atoms with E-state index in [-0.39, 0.29) is 36.7 Å². The topological polar surface area (TPSA) is 75.7 Å². The van der Waals surface area contributed by atoms with Crippen molar-refractivity contribution in [2.75, 3.05) is 13.7 Å². The van der Waals surface area contributed by atoms with Crippen molar-refractivity contribution in [1.29, 1.82) is 0 Å². The summed E-state index contributed by atoms with van der Waals surface area (Å²) >= 11 is 0. The van der Waals surface area contributed by atoms with E-state index in [9.17, 15) is 14.4 Å². The molecular formula is C24H28N2O4. The highest BCUT2D eigenvalue weighted by Gasteiger charge is 2.34. The fourth-order valence-corrected chi connectivity index (χ4v) is 3.69. The van der Waals surface area contributed by atoms with Crippen molar-refractivity contribution in [1.82, 2.24) is 10.2 Å². The first-order valence-corrected chi connectivity index (χ1v) is 10.3. The number of carbonyl (C=O) groups is 3. The standard InChI is InChI=1S/C24H28N2O4/c1-16(2)15-21(17-10-12-18(30-3)13-11-17)25-22(27)9-6-14-26-23(28)19-7-4-5-8-20(19)24(26)29/h4-5,7-8,10-13,16,21H,6,9,14-15H2,1-3H3,(H,25,27). The number of rotatable bonds is 9. The van der Waals surface area contributed by atoms with Crippen LogP contribution in [-0.2, 0) is 4.79 Å². The first kappa shape index (κ1) is 21.6. The molecule has 1 unspecified atom stereocenters. The molecule has 6 heteroatoms. The quantitative estimate of drug-likeness (QED) is 0.637. The normalized spacial score (nSPS) is 14.1. The van der Waals surface area contributed by atoms with Crippen molar-refractivity contribution in [3.63, 3.8) is 0 Å². The molecule has 0 radical (unpaired) electrons. The Bertz CT molecular complexity index is 886. The Kier molecular flexibility index (Phi) is 6.87. The van der Waals surface area contributed by atoms with Crippen LogP contribution in [-0.4, -0.2) is 36.3 Å². The molecule has 0 fully saturated rings. The summed E-state index contributed by atoms with van der Waals surface area (Å²) in [6.07, 6.45) is 1.49. The predicted octanol–water partition coefficient (Wildman–Crippen LogP) is 3.98. The molecule has 0 aromatic heterocycles. The van der Waals surface area contributed by atoms with Crippen LogP contribution in [0.25, 0.3) is 0 Å². The summed E-state index contributed by atoms with van der Waals surface area (Å²) in [5.41, 5.74) is 1.89. The Hall–Kier alpha value is -3.15. The summed E-state index contributed by atoms with van der Waals surface area (Å²) in [5, 5.41) is 3.10. The zero-order valence-corrected chi connectivity index (χ0v) is 17.7.